The lowest BCUT2D eigenvalue weighted by Gasteiger charge is -2.20. The molecule has 0 saturated carbocycles. The van der Waals surface area contributed by atoms with Gasteiger partial charge in [0.1, 0.15) is 5.75 Å². The van der Waals surface area contributed by atoms with E-state index in [4.69, 9.17) is 0 Å². The third-order valence-electron chi connectivity index (χ3n) is 3.51. The van der Waals surface area contributed by atoms with Crippen LogP contribution in [0.15, 0.2) is 36.5 Å². The third-order valence-corrected chi connectivity index (χ3v) is 3.51. The van der Waals surface area contributed by atoms with Crippen molar-refractivity contribution in [3.63, 3.8) is 0 Å². The van der Waals surface area contributed by atoms with E-state index in [0.29, 0.717) is 5.75 Å². The number of phenols is 1. The second-order valence-corrected chi connectivity index (χ2v) is 6.27. The van der Waals surface area contributed by atoms with Crippen molar-refractivity contribution in [1.29, 1.82) is 0 Å². The fraction of sp³-hybridized carbons (Fsp3) is 0.389. The van der Waals surface area contributed by atoms with Gasteiger partial charge in [-0.15, -0.1) is 0 Å². The van der Waals surface area contributed by atoms with Crippen molar-refractivity contribution in [1.82, 2.24) is 4.98 Å². The summed E-state index contributed by atoms with van der Waals surface area (Å²) in [5, 5.41) is 10.3. The number of phenolic OH excluding ortho intramolecular Hbond substituents is 1. The maximum Gasteiger partial charge on any atom is 0.123 e. The maximum atomic E-state index is 10.3. The van der Waals surface area contributed by atoms with Crippen LogP contribution < -0.4 is 0 Å². The highest BCUT2D eigenvalue weighted by molar-refractivity contribution is 5.70. The van der Waals surface area contributed by atoms with E-state index in [1.807, 2.05) is 30.5 Å². The Balaban J connectivity index is 2.33. The number of hydrogen-bond acceptors (Lipinski definition) is 2. The Hall–Kier alpha value is -1.83. The number of aryl methyl sites for hydroxylation is 1. The van der Waals surface area contributed by atoms with E-state index in [-0.39, 0.29) is 5.41 Å². The van der Waals surface area contributed by atoms with E-state index in [9.17, 15) is 5.11 Å². The lowest BCUT2D eigenvalue weighted by molar-refractivity contribution is 0.473. The number of aromatic nitrogens is 1. The van der Waals surface area contributed by atoms with Crippen molar-refractivity contribution in [2.24, 2.45) is 0 Å². The fourth-order valence-corrected chi connectivity index (χ4v) is 2.23. The van der Waals surface area contributed by atoms with Crippen molar-refractivity contribution in [2.45, 2.75) is 46.0 Å². The van der Waals surface area contributed by atoms with Gasteiger partial charge >= 0.3 is 0 Å². The molecule has 0 aliphatic carbocycles. The maximum absolute atomic E-state index is 10.3. The van der Waals surface area contributed by atoms with E-state index in [1.54, 1.807) is 0 Å². The molecule has 0 unspecified atom stereocenters. The van der Waals surface area contributed by atoms with Crippen LogP contribution in [0.5, 0.6) is 5.75 Å². The van der Waals surface area contributed by atoms with Crippen molar-refractivity contribution in [3.8, 4) is 16.9 Å². The molecule has 0 aliphatic heterocycles. The van der Waals surface area contributed by atoms with Gasteiger partial charge in [0.25, 0.3) is 0 Å². The highest BCUT2D eigenvalue weighted by Gasteiger charge is 2.15. The summed E-state index contributed by atoms with van der Waals surface area (Å²) in [6, 6.07) is 9.98. The molecule has 2 rings (SSSR count). The first-order chi connectivity index (χ1) is 9.41. The van der Waals surface area contributed by atoms with Crippen LogP contribution in [0, 0.1) is 0 Å². The molecule has 2 aromatic rings. The van der Waals surface area contributed by atoms with E-state index in [2.05, 4.69) is 38.7 Å². The van der Waals surface area contributed by atoms with Crippen molar-refractivity contribution < 1.29 is 5.11 Å². The van der Waals surface area contributed by atoms with Crippen LogP contribution in [0.4, 0.5) is 0 Å². The molecular weight excluding hydrogens is 246 g/mol. The van der Waals surface area contributed by atoms with Gasteiger partial charge in [0.05, 0.1) is 0 Å². The second kappa shape index (κ2) is 5.66. The number of rotatable bonds is 3. The van der Waals surface area contributed by atoms with Crippen LogP contribution in [0.2, 0.25) is 0 Å². The van der Waals surface area contributed by atoms with Crippen LogP contribution in [0.25, 0.3) is 11.1 Å². The largest absolute Gasteiger partial charge is 0.507 e. The van der Waals surface area contributed by atoms with Gasteiger partial charge in [-0.05, 0) is 29.5 Å². The molecular formula is C18H23NO. The Morgan fingerprint density at radius 3 is 2.35 bits per heavy atom. The first-order valence-corrected chi connectivity index (χ1v) is 7.20. The third kappa shape index (κ3) is 3.19. The summed E-state index contributed by atoms with van der Waals surface area (Å²) in [5.41, 5.74) is 4.08. The topological polar surface area (TPSA) is 33.1 Å². The number of pyridine rings is 1. The molecule has 0 fully saturated rings. The fourth-order valence-electron chi connectivity index (χ4n) is 2.23. The van der Waals surface area contributed by atoms with Crippen LogP contribution in [-0.4, -0.2) is 10.1 Å². The molecule has 0 amide bonds. The number of aromatic hydroxyl groups is 1. The smallest absolute Gasteiger partial charge is 0.123 e. The van der Waals surface area contributed by atoms with E-state index in [0.717, 1.165) is 35.2 Å². The monoisotopic (exact) mass is 269 g/mol. The molecule has 106 valence electrons. The van der Waals surface area contributed by atoms with E-state index in [1.165, 1.54) is 0 Å². The predicted molar refractivity (Wildman–Crippen MR) is 84.0 cm³/mol. The SMILES string of the molecule is CCCc1ccc(-c2ccc(C(C)(C)C)cc2O)cn1. The van der Waals surface area contributed by atoms with Crippen LogP contribution in [0.1, 0.15) is 45.4 Å². The van der Waals surface area contributed by atoms with Gasteiger partial charge in [-0.3, -0.25) is 4.98 Å². The van der Waals surface area contributed by atoms with Crippen molar-refractivity contribution >= 4 is 0 Å². The average Bonchev–Trinajstić information content (AvgIpc) is 2.39. The Morgan fingerprint density at radius 1 is 1.10 bits per heavy atom. The second-order valence-electron chi connectivity index (χ2n) is 6.27. The normalized spacial score (nSPS) is 11.6. The molecule has 20 heavy (non-hydrogen) atoms. The summed E-state index contributed by atoms with van der Waals surface area (Å²) in [6.07, 6.45) is 3.93. The highest BCUT2D eigenvalue weighted by Crippen LogP contribution is 2.33. The average molecular weight is 269 g/mol. The van der Waals surface area contributed by atoms with Crippen molar-refractivity contribution in [2.75, 3.05) is 0 Å². The Labute approximate surface area is 121 Å². The molecule has 1 aromatic heterocycles. The molecule has 0 radical (unpaired) electrons. The Morgan fingerprint density at radius 2 is 1.85 bits per heavy atom. The first-order valence-electron chi connectivity index (χ1n) is 7.20. The Kier molecular flexibility index (Phi) is 4.12. The van der Waals surface area contributed by atoms with Gasteiger partial charge in [-0.2, -0.15) is 0 Å². The summed E-state index contributed by atoms with van der Waals surface area (Å²) in [6.45, 7) is 8.57. The minimum Gasteiger partial charge on any atom is -0.507 e. The van der Waals surface area contributed by atoms with Gasteiger partial charge in [0, 0.05) is 23.0 Å². The molecule has 1 heterocycles. The van der Waals surface area contributed by atoms with Crippen LogP contribution in [-0.2, 0) is 11.8 Å². The van der Waals surface area contributed by atoms with Gasteiger partial charge in [0.2, 0.25) is 0 Å². The molecule has 0 spiro atoms. The standard InChI is InChI=1S/C18H23NO/c1-5-6-15-9-7-13(12-19-15)16-10-8-14(11-17(16)20)18(2,3)4/h7-12,20H,5-6H2,1-4H3. The molecule has 0 aliphatic rings. The minimum atomic E-state index is 0.0409. The number of hydrogen-bond donors (Lipinski definition) is 1. The zero-order valence-corrected chi connectivity index (χ0v) is 12.8. The lowest BCUT2D eigenvalue weighted by Crippen LogP contribution is -2.10. The molecule has 2 heteroatoms. The zero-order valence-electron chi connectivity index (χ0n) is 12.8. The van der Waals surface area contributed by atoms with E-state index >= 15 is 0 Å². The molecule has 1 aromatic carbocycles. The molecule has 0 atom stereocenters. The first kappa shape index (κ1) is 14.6. The quantitative estimate of drug-likeness (QED) is 0.875. The summed E-state index contributed by atoms with van der Waals surface area (Å²) >= 11 is 0. The molecule has 2 nitrogen and oxygen atoms in total. The van der Waals surface area contributed by atoms with Crippen LogP contribution >= 0.6 is 0 Å². The van der Waals surface area contributed by atoms with Crippen LogP contribution in [0.3, 0.4) is 0 Å². The van der Waals surface area contributed by atoms with Gasteiger partial charge in [-0.1, -0.05) is 52.3 Å². The zero-order chi connectivity index (χ0) is 14.8. The predicted octanol–water partition coefficient (Wildman–Crippen LogP) is 4.70. The molecule has 0 saturated heterocycles. The molecule has 1 N–H and O–H groups in total. The number of nitrogens with zero attached hydrogens (tertiary/aromatic N) is 1. The van der Waals surface area contributed by atoms with Gasteiger partial charge in [0.15, 0.2) is 0 Å². The van der Waals surface area contributed by atoms with E-state index < -0.39 is 0 Å². The highest BCUT2D eigenvalue weighted by atomic mass is 16.3. The minimum absolute atomic E-state index is 0.0409. The summed E-state index contributed by atoms with van der Waals surface area (Å²) in [7, 11) is 0. The molecule has 0 bridgehead atoms. The van der Waals surface area contributed by atoms with Crippen molar-refractivity contribution in [3.05, 3.63) is 47.8 Å². The Bertz CT molecular complexity index is 579. The number of benzene rings is 1. The lowest BCUT2D eigenvalue weighted by atomic mass is 9.86. The summed E-state index contributed by atoms with van der Waals surface area (Å²) < 4.78 is 0. The summed E-state index contributed by atoms with van der Waals surface area (Å²) in [5.74, 6) is 0.322. The summed E-state index contributed by atoms with van der Waals surface area (Å²) in [4.78, 5) is 4.45. The van der Waals surface area contributed by atoms with Gasteiger partial charge in [-0.25, -0.2) is 0 Å². The van der Waals surface area contributed by atoms with Gasteiger partial charge < -0.3 is 5.11 Å².